The Morgan fingerprint density at radius 2 is 2.00 bits per heavy atom. The number of nitrogens with zero attached hydrogens (tertiary/aromatic N) is 3. The molecule has 1 saturated heterocycles. The lowest BCUT2D eigenvalue weighted by molar-refractivity contribution is -0.128. The smallest absolute Gasteiger partial charge is 0.268 e. The Hall–Kier alpha value is -2.69. The summed E-state index contributed by atoms with van der Waals surface area (Å²) < 4.78 is 7.53. The lowest BCUT2D eigenvalue weighted by Crippen LogP contribution is -2.42. The molecule has 0 atom stereocenters. The summed E-state index contributed by atoms with van der Waals surface area (Å²) in [6, 6.07) is 8.02. The quantitative estimate of drug-likeness (QED) is 0.754. The van der Waals surface area contributed by atoms with Crippen molar-refractivity contribution in [3.05, 3.63) is 54.4 Å². The largest absolute Gasteiger partial charge is 0.378 e. The van der Waals surface area contributed by atoms with Crippen LogP contribution in [0.2, 0.25) is 0 Å². The van der Waals surface area contributed by atoms with Crippen molar-refractivity contribution in [3.63, 3.8) is 0 Å². The van der Waals surface area contributed by atoms with E-state index in [1.54, 1.807) is 11.9 Å². The van der Waals surface area contributed by atoms with Gasteiger partial charge in [-0.3, -0.25) is 9.59 Å². The van der Waals surface area contributed by atoms with Crippen LogP contribution in [0.4, 0.5) is 0 Å². The lowest BCUT2D eigenvalue weighted by atomic mass is 10.1. The molecule has 1 aromatic heterocycles. The Morgan fingerprint density at radius 1 is 1.30 bits per heavy atom. The number of carbonyl (C=O) groups excluding carboxylic acids is 1. The van der Waals surface area contributed by atoms with Crippen molar-refractivity contribution in [2.24, 2.45) is 7.05 Å². The fourth-order valence-corrected chi connectivity index (χ4v) is 4.10. The summed E-state index contributed by atoms with van der Waals surface area (Å²) in [6.45, 7) is 5.83. The number of hydrogen-bond acceptors (Lipinski definition) is 5. The second-order valence-corrected chi connectivity index (χ2v) is 7.56. The number of aryl methyl sites for hydroxylation is 2. The van der Waals surface area contributed by atoms with E-state index in [0.29, 0.717) is 35.5 Å². The van der Waals surface area contributed by atoms with Gasteiger partial charge in [0, 0.05) is 20.1 Å². The highest BCUT2D eigenvalue weighted by molar-refractivity contribution is 7.07. The van der Waals surface area contributed by atoms with Gasteiger partial charge in [0.25, 0.3) is 11.5 Å². The van der Waals surface area contributed by atoms with Gasteiger partial charge in [0.1, 0.15) is 10.7 Å². The van der Waals surface area contributed by atoms with Gasteiger partial charge in [-0.2, -0.15) is 5.26 Å². The number of ether oxygens (including phenoxy) is 1. The van der Waals surface area contributed by atoms with Crippen molar-refractivity contribution in [1.29, 1.82) is 5.26 Å². The fraction of sp³-hybridized carbons (Fsp3) is 0.350. The number of nitriles is 1. The Labute approximate surface area is 161 Å². The zero-order chi connectivity index (χ0) is 19.6. The number of aromatic nitrogens is 1. The van der Waals surface area contributed by atoms with Crippen LogP contribution < -0.4 is 14.8 Å². The van der Waals surface area contributed by atoms with Gasteiger partial charge in [-0.05, 0) is 31.1 Å². The second kappa shape index (κ2) is 7.91. The SMILES string of the molecule is Cc1ccc(C=c2sc(=C(C#N)C(=O)N3CCOCC3)n(C)c2=O)c(C)c1. The first-order chi connectivity index (χ1) is 12.9. The van der Waals surface area contributed by atoms with Crippen molar-refractivity contribution in [2.45, 2.75) is 13.8 Å². The Morgan fingerprint density at radius 3 is 2.63 bits per heavy atom. The van der Waals surface area contributed by atoms with Gasteiger partial charge in [-0.1, -0.05) is 23.8 Å². The molecule has 0 radical (unpaired) electrons. The van der Waals surface area contributed by atoms with E-state index < -0.39 is 0 Å². The molecular weight excluding hydrogens is 362 g/mol. The molecule has 2 heterocycles. The van der Waals surface area contributed by atoms with Gasteiger partial charge in [0.2, 0.25) is 0 Å². The molecule has 7 heteroatoms. The minimum Gasteiger partial charge on any atom is -0.378 e. The predicted octanol–water partition coefficient (Wildman–Crippen LogP) is 0.426. The molecule has 0 aliphatic carbocycles. The molecule has 6 nitrogen and oxygen atoms in total. The van der Waals surface area contributed by atoms with Crippen LogP contribution in [-0.4, -0.2) is 41.7 Å². The summed E-state index contributed by atoms with van der Waals surface area (Å²) in [5.74, 6) is -0.351. The van der Waals surface area contributed by atoms with Crippen LogP contribution in [0.1, 0.15) is 16.7 Å². The number of hydrogen-bond donors (Lipinski definition) is 0. The van der Waals surface area contributed by atoms with Gasteiger partial charge in [-0.15, -0.1) is 11.3 Å². The van der Waals surface area contributed by atoms with Gasteiger partial charge < -0.3 is 14.2 Å². The third kappa shape index (κ3) is 3.87. The number of rotatable bonds is 2. The van der Waals surface area contributed by atoms with Gasteiger partial charge in [-0.25, -0.2) is 0 Å². The molecular formula is C20H21N3O3S. The van der Waals surface area contributed by atoms with Crippen molar-refractivity contribution < 1.29 is 9.53 Å². The van der Waals surface area contributed by atoms with Gasteiger partial charge >= 0.3 is 0 Å². The van der Waals surface area contributed by atoms with Crippen LogP contribution in [0.3, 0.4) is 0 Å². The highest BCUT2D eigenvalue weighted by atomic mass is 32.1. The predicted molar refractivity (Wildman–Crippen MR) is 105 cm³/mol. The highest BCUT2D eigenvalue weighted by Gasteiger charge is 2.22. The summed E-state index contributed by atoms with van der Waals surface area (Å²) in [6.07, 6.45) is 1.82. The van der Waals surface area contributed by atoms with E-state index in [1.807, 2.05) is 38.1 Å². The third-order valence-corrected chi connectivity index (χ3v) is 5.76. The topological polar surface area (TPSA) is 75.3 Å². The molecule has 1 fully saturated rings. The second-order valence-electron chi connectivity index (χ2n) is 6.53. The first-order valence-electron chi connectivity index (χ1n) is 8.68. The van der Waals surface area contributed by atoms with E-state index in [1.165, 1.54) is 15.9 Å². The fourth-order valence-electron chi connectivity index (χ4n) is 3.02. The molecule has 2 aromatic rings. The van der Waals surface area contributed by atoms with Crippen LogP contribution in [-0.2, 0) is 16.6 Å². The van der Waals surface area contributed by atoms with Crippen LogP contribution in [0, 0.1) is 25.2 Å². The van der Waals surface area contributed by atoms with Crippen molar-refractivity contribution in [1.82, 2.24) is 9.47 Å². The molecule has 0 saturated carbocycles. The number of thiazole rings is 1. The molecule has 1 aliphatic rings. The third-order valence-electron chi connectivity index (χ3n) is 4.58. The molecule has 0 unspecified atom stereocenters. The molecule has 3 rings (SSSR count). The van der Waals surface area contributed by atoms with Crippen LogP contribution in [0.5, 0.6) is 0 Å². The summed E-state index contributed by atoms with van der Waals surface area (Å²) in [4.78, 5) is 27.0. The first-order valence-corrected chi connectivity index (χ1v) is 9.50. The summed E-state index contributed by atoms with van der Waals surface area (Å²) in [7, 11) is 1.59. The Balaban J connectivity index is 2.14. The van der Waals surface area contributed by atoms with E-state index in [4.69, 9.17) is 4.74 Å². The summed E-state index contributed by atoms with van der Waals surface area (Å²) in [5, 5.41) is 9.58. The van der Waals surface area contributed by atoms with E-state index >= 15 is 0 Å². The van der Waals surface area contributed by atoms with E-state index in [2.05, 4.69) is 6.07 Å². The average molecular weight is 383 g/mol. The van der Waals surface area contributed by atoms with Crippen molar-refractivity contribution >= 4 is 28.9 Å². The molecule has 0 spiro atoms. The summed E-state index contributed by atoms with van der Waals surface area (Å²) in [5.41, 5.74) is 2.96. The minimum absolute atomic E-state index is 0.00165. The van der Waals surface area contributed by atoms with Crippen LogP contribution in [0.25, 0.3) is 11.6 Å². The molecule has 140 valence electrons. The zero-order valence-electron chi connectivity index (χ0n) is 15.6. The molecule has 0 N–H and O–H groups in total. The molecule has 1 aromatic carbocycles. The minimum atomic E-state index is -0.351. The van der Waals surface area contributed by atoms with Crippen LogP contribution in [0.15, 0.2) is 23.0 Å². The number of amides is 1. The van der Waals surface area contributed by atoms with Crippen molar-refractivity contribution in [2.75, 3.05) is 26.3 Å². The Kier molecular flexibility index (Phi) is 5.59. The number of benzene rings is 1. The monoisotopic (exact) mass is 383 g/mol. The maximum Gasteiger partial charge on any atom is 0.268 e. The maximum absolute atomic E-state index is 12.7. The molecule has 27 heavy (non-hydrogen) atoms. The zero-order valence-corrected chi connectivity index (χ0v) is 16.4. The van der Waals surface area contributed by atoms with Gasteiger partial charge in [0.15, 0.2) is 5.57 Å². The van der Waals surface area contributed by atoms with Crippen molar-refractivity contribution in [3.8, 4) is 6.07 Å². The van der Waals surface area contributed by atoms with E-state index in [9.17, 15) is 14.9 Å². The number of carbonyl (C=O) groups is 1. The molecule has 1 aliphatic heterocycles. The summed E-state index contributed by atoms with van der Waals surface area (Å²) >= 11 is 1.18. The first kappa shape index (κ1) is 19.1. The highest BCUT2D eigenvalue weighted by Crippen LogP contribution is 2.11. The Bertz CT molecular complexity index is 1100. The molecule has 1 amide bonds. The molecule has 0 bridgehead atoms. The van der Waals surface area contributed by atoms with Crippen LogP contribution >= 0.6 is 11.3 Å². The van der Waals surface area contributed by atoms with E-state index in [-0.39, 0.29) is 17.0 Å². The normalized spacial score (nSPS) is 16.2. The average Bonchev–Trinajstić information content (AvgIpc) is 2.94. The van der Waals surface area contributed by atoms with E-state index in [0.717, 1.165) is 16.7 Å². The van der Waals surface area contributed by atoms with Gasteiger partial charge in [0.05, 0.1) is 17.7 Å². The lowest BCUT2D eigenvalue weighted by Gasteiger charge is -2.26. The standard InChI is InChI=1S/C20H21N3O3S/c1-13-4-5-15(14(2)10-13)11-17-19(25)22(3)20(27-17)16(12-21)18(24)23-6-8-26-9-7-23/h4-5,10-11H,6-9H2,1-3H3. The maximum atomic E-state index is 12.7. The number of morpholine rings is 1.